The summed E-state index contributed by atoms with van der Waals surface area (Å²) in [6, 6.07) is 14.6. The van der Waals surface area contributed by atoms with E-state index in [9.17, 15) is 9.59 Å². The molecule has 252 valence electrons. The van der Waals surface area contributed by atoms with Crippen molar-refractivity contribution in [3.8, 4) is 11.5 Å². The van der Waals surface area contributed by atoms with E-state index in [2.05, 4.69) is 24.5 Å². The third kappa shape index (κ3) is 11.8. The van der Waals surface area contributed by atoms with Crippen LogP contribution < -0.4 is 20.1 Å². The van der Waals surface area contributed by atoms with E-state index >= 15 is 0 Å². The molecular weight excluding hydrogens is 617 g/mol. The van der Waals surface area contributed by atoms with Gasteiger partial charge >= 0.3 is 29.8 Å². The Morgan fingerprint density at radius 1 is 0.533 bits per heavy atom. The summed E-state index contributed by atoms with van der Waals surface area (Å²) < 4.78 is 45.5. The third-order valence-corrected chi connectivity index (χ3v) is 12.2. The van der Waals surface area contributed by atoms with E-state index in [0.29, 0.717) is 51.1 Å². The fourth-order valence-corrected chi connectivity index (χ4v) is 9.04. The molecule has 14 heteroatoms. The molecule has 0 aliphatic rings. The Morgan fingerprint density at radius 2 is 0.800 bits per heavy atom. The number of hydrogen-bond donors (Lipinski definition) is 2. The summed E-state index contributed by atoms with van der Waals surface area (Å²) >= 11 is 0. The summed E-state index contributed by atoms with van der Waals surface area (Å²) in [5, 5.41) is 5.43. The molecule has 0 atom stereocenters. The lowest BCUT2D eigenvalue weighted by Gasteiger charge is -2.28. The zero-order valence-electron chi connectivity index (χ0n) is 27.9. The van der Waals surface area contributed by atoms with Gasteiger partial charge in [0.1, 0.15) is 11.5 Å². The van der Waals surface area contributed by atoms with E-state index in [0.717, 1.165) is 11.1 Å². The van der Waals surface area contributed by atoms with Crippen LogP contribution in [0.3, 0.4) is 0 Å². The highest BCUT2D eigenvalue weighted by atomic mass is 28.4. The lowest BCUT2D eigenvalue weighted by molar-refractivity contribution is 0.0693. The molecule has 0 aliphatic heterocycles. The number of amides is 2. The van der Waals surface area contributed by atoms with Crippen molar-refractivity contribution >= 4 is 29.8 Å². The van der Waals surface area contributed by atoms with Crippen molar-refractivity contribution in [2.45, 2.75) is 60.8 Å². The van der Waals surface area contributed by atoms with Crippen LogP contribution in [0.5, 0.6) is 11.5 Å². The highest BCUT2D eigenvalue weighted by Gasteiger charge is 2.42. The Hall–Kier alpha value is -2.83. The first-order chi connectivity index (χ1) is 21.5. The second kappa shape index (κ2) is 19.0. The van der Waals surface area contributed by atoms with Crippen LogP contribution >= 0.6 is 0 Å². The fraction of sp³-hybridized carbons (Fsp3) is 0.548. The number of hydrogen-bond acceptors (Lipinski definition) is 10. The Morgan fingerprint density at radius 3 is 1.04 bits per heavy atom. The van der Waals surface area contributed by atoms with Crippen LogP contribution in [-0.4, -0.2) is 81.8 Å². The van der Waals surface area contributed by atoms with Crippen LogP contribution in [0.1, 0.15) is 66.5 Å². The smallest absolute Gasteiger partial charge is 0.410 e. The maximum absolute atomic E-state index is 12.5. The first-order valence-corrected chi connectivity index (χ1v) is 19.3. The van der Waals surface area contributed by atoms with Gasteiger partial charge in [-0.25, -0.2) is 9.59 Å². The Balaban J connectivity index is 1.99. The normalized spacial score (nSPS) is 12.1. The molecule has 12 nitrogen and oxygen atoms in total. The quantitative estimate of drug-likeness (QED) is 0.178. The average molecular weight is 667 g/mol. The van der Waals surface area contributed by atoms with Gasteiger partial charge in [-0.1, -0.05) is 38.1 Å². The summed E-state index contributed by atoms with van der Waals surface area (Å²) in [5.41, 5.74) is 1.61. The minimum absolute atomic E-state index is 0.101. The maximum atomic E-state index is 12.5. The monoisotopic (exact) mass is 666 g/mol. The molecule has 0 aromatic heterocycles. The van der Waals surface area contributed by atoms with Gasteiger partial charge in [0.2, 0.25) is 0 Å². The zero-order chi connectivity index (χ0) is 33.3. The largest absolute Gasteiger partial charge is 0.521 e. The molecular formula is C31H50N2O10Si2. The lowest BCUT2D eigenvalue weighted by Crippen LogP contribution is -2.55. The minimum Gasteiger partial charge on any atom is -0.410 e. The van der Waals surface area contributed by atoms with Gasteiger partial charge < -0.3 is 46.7 Å². The lowest BCUT2D eigenvalue weighted by atomic mass is 9.78. The van der Waals surface area contributed by atoms with Crippen molar-refractivity contribution in [3.63, 3.8) is 0 Å². The Kier molecular flexibility index (Phi) is 16.2. The van der Waals surface area contributed by atoms with Crippen LogP contribution in [0.2, 0.25) is 0 Å². The number of nitrogens with one attached hydrogen (secondary N) is 2. The van der Waals surface area contributed by atoms with Gasteiger partial charge in [-0.3, -0.25) is 0 Å². The SMILES string of the molecule is CCO[Si](CNC(=O)Oc1ccc(C(C)(C)c2ccc(OC(=O)NC[Si](OCC)(OCC)OCC)cc2)cc1)(OCC)OCC. The highest BCUT2D eigenvalue weighted by molar-refractivity contribution is 6.61. The molecule has 0 saturated carbocycles. The predicted octanol–water partition coefficient (Wildman–Crippen LogP) is 5.36. The Bertz CT molecular complexity index is 1040. The number of carbonyl (C=O) groups is 2. The zero-order valence-corrected chi connectivity index (χ0v) is 29.9. The molecule has 0 fully saturated rings. The van der Waals surface area contributed by atoms with Crippen LogP contribution in [0.25, 0.3) is 0 Å². The van der Waals surface area contributed by atoms with E-state index in [4.69, 9.17) is 36.0 Å². The number of ether oxygens (including phenoxy) is 2. The molecule has 2 rings (SSSR count). The van der Waals surface area contributed by atoms with Crippen molar-refractivity contribution in [2.24, 2.45) is 0 Å². The number of carbonyl (C=O) groups excluding carboxylic acids is 2. The molecule has 2 aromatic carbocycles. The van der Waals surface area contributed by atoms with Crippen molar-refractivity contribution < 1.29 is 45.6 Å². The highest BCUT2D eigenvalue weighted by Crippen LogP contribution is 2.33. The maximum Gasteiger partial charge on any atom is 0.521 e. The van der Waals surface area contributed by atoms with Crippen LogP contribution in [0.15, 0.2) is 48.5 Å². The molecule has 2 amide bonds. The standard InChI is InChI=1S/C31H50N2O10Si2/c1-9-36-44(37-10-2,38-11-3)23-32-29(34)42-27-19-15-25(16-20-27)31(7,8)26-17-21-28(22-18-26)43-30(35)33-24-45(39-12-4,40-13-5)41-14-6/h15-22H,9-14,23-24H2,1-8H3,(H,32,34)(H,33,35). The van der Waals surface area contributed by atoms with E-state index in [1.807, 2.05) is 65.8 Å². The van der Waals surface area contributed by atoms with Gasteiger partial charge in [-0.05, 0) is 76.9 Å². The number of rotatable bonds is 20. The van der Waals surface area contributed by atoms with E-state index < -0.39 is 35.2 Å². The summed E-state index contributed by atoms with van der Waals surface area (Å²) in [6.45, 7) is 17.7. The fourth-order valence-electron chi connectivity index (χ4n) is 4.57. The van der Waals surface area contributed by atoms with Gasteiger partial charge in [0.05, 0.1) is 12.3 Å². The van der Waals surface area contributed by atoms with E-state index in [1.54, 1.807) is 24.3 Å². The van der Waals surface area contributed by atoms with Crippen LogP contribution in [0, 0.1) is 0 Å². The van der Waals surface area contributed by atoms with E-state index in [1.165, 1.54) is 0 Å². The molecule has 45 heavy (non-hydrogen) atoms. The second-order valence-corrected chi connectivity index (χ2v) is 15.3. The molecule has 0 radical (unpaired) electrons. The molecule has 2 aromatic rings. The molecule has 0 unspecified atom stereocenters. The van der Waals surface area contributed by atoms with Gasteiger partial charge in [0.25, 0.3) is 0 Å². The van der Waals surface area contributed by atoms with Gasteiger partial charge in [0.15, 0.2) is 0 Å². The molecule has 0 aliphatic carbocycles. The van der Waals surface area contributed by atoms with Crippen molar-refractivity contribution in [3.05, 3.63) is 59.7 Å². The molecule has 0 spiro atoms. The number of benzene rings is 2. The Labute approximate surface area is 269 Å². The van der Waals surface area contributed by atoms with Gasteiger partial charge in [-0.15, -0.1) is 0 Å². The molecule has 0 saturated heterocycles. The van der Waals surface area contributed by atoms with Gasteiger partial charge in [0, 0.05) is 45.1 Å². The minimum atomic E-state index is -3.04. The predicted molar refractivity (Wildman–Crippen MR) is 174 cm³/mol. The topological polar surface area (TPSA) is 132 Å². The first-order valence-electron chi connectivity index (χ1n) is 15.5. The second-order valence-electron chi connectivity index (χ2n) is 10.1. The molecule has 0 bridgehead atoms. The van der Waals surface area contributed by atoms with Gasteiger partial charge in [-0.2, -0.15) is 0 Å². The summed E-state index contributed by atoms with van der Waals surface area (Å²) in [6.07, 6.45) is -1.05. The first kappa shape index (κ1) is 38.4. The molecule has 2 N–H and O–H groups in total. The van der Waals surface area contributed by atoms with Crippen LogP contribution in [-0.2, 0) is 32.0 Å². The average Bonchev–Trinajstić information content (AvgIpc) is 3.00. The third-order valence-electron chi connectivity index (χ3n) is 6.66. The van der Waals surface area contributed by atoms with Crippen molar-refractivity contribution in [1.29, 1.82) is 0 Å². The summed E-state index contributed by atoms with van der Waals surface area (Å²) in [7, 11) is -6.08. The van der Waals surface area contributed by atoms with E-state index in [-0.39, 0.29) is 12.3 Å². The summed E-state index contributed by atoms with van der Waals surface area (Å²) in [5.74, 6) is 0.784. The summed E-state index contributed by atoms with van der Waals surface area (Å²) in [4.78, 5) is 25.1. The molecule has 0 heterocycles. The van der Waals surface area contributed by atoms with Crippen LogP contribution in [0.4, 0.5) is 9.59 Å². The van der Waals surface area contributed by atoms with Crippen molar-refractivity contribution in [1.82, 2.24) is 10.6 Å². The van der Waals surface area contributed by atoms with Crippen molar-refractivity contribution in [2.75, 3.05) is 52.0 Å².